The zero-order valence-electron chi connectivity index (χ0n) is 12.4. The molecule has 0 bridgehead atoms. The minimum atomic E-state index is -4.35. The molecule has 0 aliphatic carbocycles. The number of halogens is 3. The van der Waals surface area contributed by atoms with Gasteiger partial charge in [0.15, 0.2) is 0 Å². The van der Waals surface area contributed by atoms with Gasteiger partial charge in [0.1, 0.15) is 18.6 Å². The van der Waals surface area contributed by atoms with Gasteiger partial charge >= 0.3 is 6.18 Å². The van der Waals surface area contributed by atoms with Crippen molar-refractivity contribution >= 4 is 12.4 Å². The summed E-state index contributed by atoms with van der Waals surface area (Å²) in [6.45, 7) is 0.215. The minimum absolute atomic E-state index is 0.215. The van der Waals surface area contributed by atoms with Crippen LogP contribution in [0, 0.1) is 11.8 Å². The van der Waals surface area contributed by atoms with Gasteiger partial charge in [0.25, 0.3) is 0 Å². The summed E-state index contributed by atoms with van der Waals surface area (Å²) in [5.41, 5.74) is 1.82. The van der Waals surface area contributed by atoms with Crippen LogP contribution in [-0.4, -0.2) is 12.9 Å². The molecule has 1 aliphatic heterocycles. The topological polar surface area (TPSA) is 26.3 Å². The highest BCUT2D eigenvalue weighted by atomic mass is 19.4. The number of rotatable bonds is 1. The van der Waals surface area contributed by atoms with E-state index in [1.807, 2.05) is 0 Å². The fraction of sp³-hybridized carbons (Fsp3) is 0.105. The molecule has 5 heteroatoms. The van der Waals surface area contributed by atoms with Gasteiger partial charge in [-0.3, -0.25) is 4.79 Å². The second-order valence-electron chi connectivity index (χ2n) is 5.20. The van der Waals surface area contributed by atoms with Crippen molar-refractivity contribution in [2.45, 2.75) is 6.18 Å². The first-order valence-corrected chi connectivity index (χ1v) is 7.07. The van der Waals surface area contributed by atoms with Crippen molar-refractivity contribution in [1.82, 2.24) is 0 Å². The molecule has 0 fully saturated rings. The molecule has 0 radical (unpaired) electrons. The van der Waals surface area contributed by atoms with E-state index in [1.165, 1.54) is 12.1 Å². The highest BCUT2D eigenvalue weighted by molar-refractivity contribution is 5.84. The van der Waals surface area contributed by atoms with Crippen LogP contribution in [0.15, 0.2) is 48.0 Å². The number of carbonyl (C=O) groups is 1. The summed E-state index contributed by atoms with van der Waals surface area (Å²) < 4.78 is 43.0. The smallest absolute Gasteiger partial charge is 0.416 e. The number of aldehydes is 1. The van der Waals surface area contributed by atoms with Crippen LogP contribution < -0.4 is 4.74 Å². The molecule has 0 saturated heterocycles. The number of alkyl halides is 3. The highest BCUT2D eigenvalue weighted by Crippen LogP contribution is 2.29. The lowest BCUT2D eigenvalue weighted by molar-refractivity contribution is -0.137. The Kier molecular flexibility index (Phi) is 4.13. The van der Waals surface area contributed by atoms with E-state index >= 15 is 0 Å². The fourth-order valence-corrected chi connectivity index (χ4v) is 2.21. The lowest BCUT2D eigenvalue weighted by atomic mass is 10.1. The van der Waals surface area contributed by atoms with Crippen LogP contribution in [-0.2, 0) is 11.0 Å². The molecule has 24 heavy (non-hydrogen) atoms. The van der Waals surface area contributed by atoms with E-state index in [2.05, 4.69) is 11.8 Å². The number of hydrogen-bond acceptors (Lipinski definition) is 2. The van der Waals surface area contributed by atoms with Crippen molar-refractivity contribution in [3.63, 3.8) is 0 Å². The number of benzene rings is 2. The Morgan fingerprint density at radius 1 is 1.00 bits per heavy atom. The summed E-state index contributed by atoms with van der Waals surface area (Å²) in [5, 5.41) is 0. The van der Waals surface area contributed by atoms with Crippen LogP contribution in [0.25, 0.3) is 6.08 Å². The molecule has 1 aliphatic rings. The van der Waals surface area contributed by atoms with Gasteiger partial charge in [-0.1, -0.05) is 17.9 Å². The van der Waals surface area contributed by atoms with Gasteiger partial charge in [0.05, 0.1) is 5.56 Å². The van der Waals surface area contributed by atoms with Crippen LogP contribution in [0.2, 0.25) is 0 Å². The normalized spacial score (nSPS) is 13.0. The highest BCUT2D eigenvalue weighted by Gasteiger charge is 2.29. The predicted molar refractivity (Wildman–Crippen MR) is 83.4 cm³/mol. The van der Waals surface area contributed by atoms with Gasteiger partial charge in [0.2, 0.25) is 0 Å². The summed E-state index contributed by atoms with van der Waals surface area (Å²) >= 11 is 0. The molecule has 0 N–H and O–H groups in total. The van der Waals surface area contributed by atoms with Crippen molar-refractivity contribution in [2.75, 3.05) is 6.61 Å². The fourth-order valence-electron chi connectivity index (χ4n) is 2.21. The summed E-state index contributed by atoms with van der Waals surface area (Å²) in [7, 11) is 0. The van der Waals surface area contributed by atoms with Crippen LogP contribution in [0.1, 0.15) is 22.3 Å². The van der Waals surface area contributed by atoms with Crippen LogP contribution in [0.5, 0.6) is 5.75 Å². The van der Waals surface area contributed by atoms with Gasteiger partial charge in [-0.15, -0.1) is 0 Å². The van der Waals surface area contributed by atoms with Crippen molar-refractivity contribution < 1.29 is 22.7 Å². The van der Waals surface area contributed by atoms with Gasteiger partial charge in [0, 0.05) is 22.3 Å². The summed E-state index contributed by atoms with van der Waals surface area (Å²) in [4.78, 5) is 10.7. The molecule has 2 aromatic carbocycles. The van der Waals surface area contributed by atoms with Crippen molar-refractivity contribution in [3.8, 4) is 17.6 Å². The monoisotopic (exact) mass is 328 g/mol. The Hall–Kier alpha value is -3.00. The molecule has 2 aromatic rings. The maximum Gasteiger partial charge on any atom is 0.416 e. The third-order valence-electron chi connectivity index (χ3n) is 3.46. The Balaban J connectivity index is 1.82. The number of carbonyl (C=O) groups excluding carboxylic acids is 1. The average Bonchev–Trinajstić information content (AvgIpc) is 2.59. The van der Waals surface area contributed by atoms with E-state index < -0.39 is 11.7 Å². The summed E-state index contributed by atoms with van der Waals surface area (Å²) in [5.74, 6) is 6.34. The molecule has 0 aromatic heterocycles. The average molecular weight is 328 g/mol. The third-order valence-corrected chi connectivity index (χ3v) is 3.46. The standard InChI is InChI=1S/C19H11F3O2/c20-19(21,22)17-7-4-13(5-8-17)1-2-14-3-6-16-9-15(11-23)12-24-18(16)10-14/h3-11H,12H2. The van der Waals surface area contributed by atoms with Crippen LogP contribution in [0.4, 0.5) is 13.2 Å². The molecule has 0 unspecified atom stereocenters. The molecule has 0 amide bonds. The molecule has 0 atom stereocenters. The molecular formula is C19H11F3O2. The lowest BCUT2D eigenvalue weighted by Crippen LogP contribution is -2.08. The first-order valence-electron chi connectivity index (χ1n) is 7.07. The summed E-state index contributed by atoms with van der Waals surface area (Å²) in [6.07, 6.45) is -1.85. The zero-order valence-corrected chi connectivity index (χ0v) is 12.4. The number of ether oxygens (including phenoxy) is 1. The molecule has 2 nitrogen and oxygen atoms in total. The maximum absolute atomic E-state index is 12.5. The van der Waals surface area contributed by atoms with Gasteiger partial charge < -0.3 is 4.74 Å². The van der Waals surface area contributed by atoms with Crippen molar-refractivity contribution in [1.29, 1.82) is 0 Å². The molecule has 0 saturated carbocycles. The quantitative estimate of drug-likeness (QED) is 0.582. The first-order chi connectivity index (χ1) is 11.5. The number of hydrogen-bond donors (Lipinski definition) is 0. The summed E-state index contributed by atoms with van der Waals surface area (Å²) in [6, 6.07) is 9.98. The molecule has 120 valence electrons. The molecule has 3 rings (SSSR count). The zero-order chi connectivity index (χ0) is 17.2. The molecular weight excluding hydrogens is 317 g/mol. The second kappa shape index (κ2) is 6.25. The van der Waals surface area contributed by atoms with Crippen LogP contribution in [0.3, 0.4) is 0 Å². The van der Waals surface area contributed by atoms with E-state index in [1.54, 1.807) is 24.3 Å². The molecule has 0 spiro atoms. The predicted octanol–water partition coefficient (Wildman–Crippen LogP) is 4.08. The Morgan fingerprint density at radius 2 is 1.67 bits per heavy atom. The second-order valence-corrected chi connectivity index (χ2v) is 5.20. The van der Waals surface area contributed by atoms with E-state index in [0.717, 1.165) is 24.0 Å². The first kappa shape index (κ1) is 15.9. The Bertz CT molecular complexity index is 866. The maximum atomic E-state index is 12.5. The van der Waals surface area contributed by atoms with Crippen molar-refractivity contribution in [2.24, 2.45) is 0 Å². The van der Waals surface area contributed by atoms with E-state index in [-0.39, 0.29) is 6.61 Å². The lowest BCUT2D eigenvalue weighted by Gasteiger charge is -2.14. The molecule has 1 heterocycles. The van der Waals surface area contributed by atoms with E-state index in [4.69, 9.17) is 4.74 Å². The van der Waals surface area contributed by atoms with Crippen LogP contribution >= 0.6 is 0 Å². The Labute approximate surface area is 136 Å². The largest absolute Gasteiger partial charge is 0.488 e. The van der Waals surface area contributed by atoms with Gasteiger partial charge in [-0.05, 0) is 42.5 Å². The third kappa shape index (κ3) is 3.49. The number of fused-ring (bicyclic) bond motifs is 1. The van der Waals surface area contributed by atoms with Gasteiger partial charge in [-0.2, -0.15) is 13.2 Å². The van der Waals surface area contributed by atoms with Crippen molar-refractivity contribution in [3.05, 3.63) is 70.3 Å². The Morgan fingerprint density at radius 3 is 2.33 bits per heavy atom. The van der Waals surface area contributed by atoms with E-state index in [9.17, 15) is 18.0 Å². The van der Waals surface area contributed by atoms with Gasteiger partial charge in [-0.25, -0.2) is 0 Å². The minimum Gasteiger partial charge on any atom is -0.488 e. The van der Waals surface area contributed by atoms with E-state index in [0.29, 0.717) is 22.4 Å². The SMILES string of the molecule is O=CC1=Cc2ccc(C#Cc3ccc(C(F)(F)F)cc3)cc2OC1.